The van der Waals surface area contributed by atoms with E-state index >= 15 is 0 Å². The molecule has 1 aromatic rings. The minimum atomic E-state index is -0.453. The van der Waals surface area contributed by atoms with Gasteiger partial charge in [0.2, 0.25) is 0 Å². The van der Waals surface area contributed by atoms with Crippen molar-refractivity contribution >= 4 is 5.91 Å². The van der Waals surface area contributed by atoms with Crippen LogP contribution in [-0.4, -0.2) is 43.6 Å². The number of hydrogen-bond donors (Lipinski definition) is 2. The standard InChI is InChI=1S/C15H21N3O2/c16-15(19)10-20-14-3-1-11(2-4-14)7-18-8-12-5-17-6-13(12)9-18/h1-4,12-13,17H,5-10H2,(H2,16,19). The first kappa shape index (κ1) is 13.4. The Labute approximate surface area is 119 Å². The van der Waals surface area contributed by atoms with Gasteiger partial charge in [-0.15, -0.1) is 0 Å². The number of carbonyl (C=O) groups is 1. The van der Waals surface area contributed by atoms with E-state index in [0.29, 0.717) is 5.75 Å². The predicted molar refractivity (Wildman–Crippen MR) is 76.3 cm³/mol. The van der Waals surface area contributed by atoms with E-state index in [9.17, 15) is 4.79 Å². The average molecular weight is 275 g/mol. The van der Waals surface area contributed by atoms with Crippen LogP contribution in [0.3, 0.4) is 0 Å². The molecule has 2 aliphatic heterocycles. The lowest BCUT2D eigenvalue weighted by Gasteiger charge is -2.17. The Balaban J connectivity index is 1.52. The van der Waals surface area contributed by atoms with E-state index in [-0.39, 0.29) is 6.61 Å². The van der Waals surface area contributed by atoms with E-state index in [2.05, 4.69) is 22.3 Å². The molecule has 108 valence electrons. The number of ether oxygens (including phenoxy) is 1. The minimum Gasteiger partial charge on any atom is -0.484 e. The maximum atomic E-state index is 10.7. The molecule has 0 spiro atoms. The first-order valence-electron chi connectivity index (χ1n) is 7.14. The summed E-state index contributed by atoms with van der Waals surface area (Å²) in [4.78, 5) is 13.2. The maximum absolute atomic E-state index is 10.7. The molecule has 5 heteroatoms. The molecule has 0 aromatic heterocycles. The molecule has 0 saturated carbocycles. The van der Waals surface area contributed by atoms with Crippen molar-refractivity contribution in [3.05, 3.63) is 29.8 Å². The van der Waals surface area contributed by atoms with Gasteiger partial charge < -0.3 is 15.8 Å². The Kier molecular flexibility index (Phi) is 3.89. The summed E-state index contributed by atoms with van der Waals surface area (Å²) in [5, 5.41) is 3.46. The minimum absolute atomic E-state index is 0.0676. The van der Waals surface area contributed by atoms with Crippen molar-refractivity contribution in [1.82, 2.24) is 10.2 Å². The third kappa shape index (κ3) is 3.11. The zero-order chi connectivity index (χ0) is 13.9. The van der Waals surface area contributed by atoms with E-state index in [1.54, 1.807) is 0 Å². The quantitative estimate of drug-likeness (QED) is 0.805. The molecule has 1 amide bonds. The Morgan fingerprint density at radius 2 is 1.90 bits per heavy atom. The van der Waals surface area contributed by atoms with Gasteiger partial charge in [-0.25, -0.2) is 0 Å². The molecule has 0 radical (unpaired) electrons. The van der Waals surface area contributed by atoms with Gasteiger partial charge >= 0.3 is 0 Å². The van der Waals surface area contributed by atoms with Gasteiger partial charge in [-0.2, -0.15) is 0 Å². The van der Waals surface area contributed by atoms with Gasteiger partial charge in [0.15, 0.2) is 6.61 Å². The van der Waals surface area contributed by atoms with Crippen LogP contribution in [-0.2, 0) is 11.3 Å². The monoisotopic (exact) mass is 275 g/mol. The summed E-state index contributed by atoms with van der Waals surface area (Å²) in [6.45, 7) is 5.64. The molecule has 2 unspecified atom stereocenters. The number of amides is 1. The normalized spacial score (nSPS) is 25.6. The number of nitrogens with one attached hydrogen (secondary N) is 1. The molecule has 2 atom stereocenters. The zero-order valence-electron chi connectivity index (χ0n) is 11.5. The van der Waals surface area contributed by atoms with Crippen LogP contribution in [0.15, 0.2) is 24.3 Å². The molecule has 2 aliphatic rings. The fraction of sp³-hybridized carbons (Fsp3) is 0.533. The summed E-state index contributed by atoms with van der Waals surface area (Å²) in [5.74, 6) is 1.89. The first-order valence-corrected chi connectivity index (χ1v) is 7.14. The van der Waals surface area contributed by atoms with Crippen LogP contribution in [0.5, 0.6) is 5.75 Å². The van der Waals surface area contributed by atoms with E-state index in [1.165, 1.54) is 31.7 Å². The van der Waals surface area contributed by atoms with Gasteiger partial charge in [-0.3, -0.25) is 9.69 Å². The molecule has 2 saturated heterocycles. The molecule has 2 fully saturated rings. The molecule has 0 aliphatic carbocycles. The summed E-state index contributed by atoms with van der Waals surface area (Å²) >= 11 is 0. The van der Waals surface area contributed by atoms with Crippen molar-refractivity contribution in [2.24, 2.45) is 17.6 Å². The van der Waals surface area contributed by atoms with Crippen molar-refractivity contribution in [1.29, 1.82) is 0 Å². The van der Waals surface area contributed by atoms with Crippen molar-refractivity contribution < 1.29 is 9.53 Å². The molecular weight excluding hydrogens is 254 g/mol. The molecule has 1 aromatic carbocycles. The second-order valence-corrected chi connectivity index (χ2v) is 5.77. The topological polar surface area (TPSA) is 67.6 Å². The van der Waals surface area contributed by atoms with Crippen LogP contribution in [0.2, 0.25) is 0 Å². The number of hydrogen-bond acceptors (Lipinski definition) is 4. The number of likely N-dealkylation sites (tertiary alicyclic amines) is 1. The highest BCUT2D eigenvalue weighted by molar-refractivity contribution is 5.75. The highest BCUT2D eigenvalue weighted by Crippen LogP contribution is 2.27. The number of benzene rings is 1. The van der Waals surface area contributed by atoms with Crippen LogP contribution < -0.4 is 15.8 Å². The van der Waals surface area contributed by atoms with Crippen LogP contribution in [0.1, 0.15) is 5.56 Å². The number of primary amides is 1. The van der Waals surface area contributed by atoms with Gasteiger partial charge in [-0.05, 0) is 42.6 Å². The fourth-order valence-electron chi connectivity index (χ4n) is 3.19. The van der Waals surface area contributed by atoms with Crippen LogP contribution in [0, 0.1) is 11.8 Å². The second-order valence-electron chi connectivity index (χ2n) is 5.77. The SMILES string of the molecule is NC(=O)COc1ccc(CN2CC3CNCC3C2)cc1. The third-order valence-electron chi connectivity index (χ3n) is 4.18. The van der Waals surface area contributed by atoms with Crippen molar-refractivity contribution in [3.63, 3.8) is 0 Å². The highest BCUT2D eigenvalue weighted by Gasteiger charge is 2.35. The van der Waals surface area contributed by atoms with Gasteiger partial charge in [0.05, 0.1) is 0 Å². The molecule has 0 bridgehead atoms. The lowest BCUT2D eigenvalue weighted by atomic mass is 10.0. The van der Waals surface area contributed by atoms with E-state index < -0.39 is 5.91 Å². The number of fused-ring (bicyclic) bond motifs is 1. The van der Waals surface area contributed by atoms with Gasteiger partial charge in [-0.1, -0.05) is 12.1 Å². The van der Waals surface area contributed by atoms with E-state index in [0.717, 1.165) is 18.4 Å². The summed E-state index contributed by atoms with van der Waals surface area (Å²) in [6, 6.07) is 7.92. The van der Waals surface area contributed by atoms with Gasteiger partial charge in [0.25, 0.3) is 5.91 Å². The van der Waals surface area contributed by atoms with Crippen molar-refractivity contribution in [2.75, 3.05) is 32.8 Å². The van der Waals surface area contributed by atoms with Gasteiger partial charge in [0.1, 0.15) is 5.75 Å². The highest BCUT2D eigenvalue weighted by atomic mass is 16.5. The number of nitrogens with two attached hydrogens (primary N) is 1. The second kappa shape index (κ2) is 5.81. The Morgan fingerprint density at radius 3 is 2.50 bits per heavy atom. The molecule has 3 N–H and O–H groups in total. The largest absolute Gasteiger partial charge is 0.484 e. The average Bonchev–Trinajstić information content (AvgIpc) is 2.99. The molecule has 2 heterocycles. The number of carbonyl (C=O) groups excluding carboxylic acids is 1. The van der Waals surface area contributed by atoms with E-state index in [4.69, 9.17) is 10.5 Å². The van der Waals surface area contributed by atoms with E-state index in [1.807, 2.05) is 12.1 Å². The predicted octanol–water partition coefficient (Wildman–Crippen LogP) is 0.202. The summed E-state index contributed by atoms with van der Waals surface area (Å²) in [5.41, 5.74) is 6.33. The Bertz CT molecular complexity index is 463. The lowest BCUT2D eigenvalue weighted by Crippen LogP contribution is -2.25. The Morgan fingerprint density at radius 1 is 1.25 bits per heavy atom. The molecule has 3 rings (SSSR count). The number of nitrogens with zero attached hydrogens (tertiary/aromatic N) is 1. The first-order chi connectivity index (χ1) is 9.70. The summed E-state index contributed by atoms with van der Waals surface area (Å²) < 4.78 is 5.26. The van der Waals surface area contributed by atoms with Crippen LogP contribution in [0.4, 0.5) is 0 Å². The molecular formula is C15H21N3O2. The smallest absolute Gasteiger partial charge is 0.255 e. The van der Waals surface area contributed by atoms with Crippen molar-refractivity contribution in [2.45, 2.75) is 6.54 Å². The fourth-order valence-corrected chi connectivity index (χ4v) is 3.19. The zero-order valence-corrected chi connectivity index (χ0v) is 11.5. The summed E-state index contributed by atoms with van der Waals surface area (Å²) in [6.07, 6.45) is 0. The number of rotatable bonds is 5. The lowest BCUT2D eigenvalue weighted by molar-refractivity contribution is -0.119. The summed E-state index contributed by atoms with van der Waals surface area (Å²) in [7, 11) is 0. The third-order valence-corrected chi connectivity index (χ3v) is 4.18. The molecule has 20 heavy (non-hydrogen) atoms. The van der Waals surface area contributed by atoms with Crippen LogP contribution in [0.25, 0.3) is 0 Å². The Hall–Kier alpha value is -1.59. The van der Waals surface area contributed by atoms with Gasteiger partial charge in [0, 0.05) is 19.6 Å². The van der Waals surface area contributed by atoms with Crippen molar-refractivity contribution in [3.8, 4) is 5.75 Å². The maximum Gasteiger partial charge on any atom is 0.255 e. The van der Waals surface area contributed by atoms with Crippen LogP contribution >= 0.6 is 0 Å². The molecule has 5 nitrogen and oxygen atoms in total.